The van der Waals surface area contributed by atoms with Gasteiger partial charge in [0.25, 0.3) is 11.1 Å². The van der Waals surface area contributed by atoms with Gasteiger partial charge in [-0.15, -0.1) is 0 Å². The van der Waals surface area contributed by atoms with Crippen molar-refractivity contribution in [3.8, 4) is 0 Å². The Hall–Kier alpha value is -2.66. The molecule has 4 nitrogen and oxygen atoms in total. The number of carbonyl (C=O) groups excluding carboxylic acids is 3. The number of hydrogen-bond donors (Lipinski definition) is 1. The minimum Gasteiger partial charge on any atom is -0.294 e. The number of imide groups is 1. The number of ketones is 1. The molecule has 0 aliphatic carbocycles. The van der Waals surface area contributed by atoms with Gasteiger partial charge in [-0.2, -0.15) is 0 Å². The van der Waals surface area contributed by atoms with Gasteiger partial charge in [0.15, 0.2) is 5.78 Å². The van der Waals surface area contributed by atoms with Crippen LogP contribution in [0.15, 0.2) is 59.5 Å². The molecule has 0 atom stereocenters. The van der Waals surface area contributed by atoms with E-state index in [-0.39, 0.29) is 16.9 Å². The highest BCUT2D eigenvalue weighted by molar-refractivity contribution is 8.18. The topological polar surface area (TPSA) is 63.2 Å². The van der Waals surface area contributed by atoms with Gasteiger partial charge in [-0.05, 0) is 41.8 Å². The molecular weight excluding hydrogens is 334 g/mol. The molecule has 0 saturated carbocycles. The normalized spacial score (nSPS) is 15.4. The van der Waals surface area contributed by atoms with Crippen molar-refractivity contribution in [2.24, 2.45) is 0 Å². The second-order valence-electron chi connectivity index (χ2n) is 5.74. The number of amides is 2. The van der Waals surface area contributed by atoms with Gasteiger partial charge in [-0.1, -0.05) is 54.6 Å². The van der Waals surface area contributed by atoms with Crippen molar-refractivity contribution in [3.63, 3.8) is 0 Å². The third-order valence-corrected chi connectivity index (χ3v) is 4.70. The van der Waals surface area contributed by atoms with E-state index in [0.29, 0.717) is 16.9 Å². The zero-order chi connectivity index (χ0) is 17.6. The molecule has 1 aliphatic rings. The number of hydrogen-bond acceptors (Lipinski definition) is 4. The number of rotatable bonds is 6. The molecule has 5 heteroatoms. The average Bonchev–Trinajstić information content (AvgIpc) is 2.93. The first-order chi connectivity index (χ1) is 12.1. The second-order valence-corrected chi connectivity index (χ2v) is 6.75. The van der Waals surface area contributed by atoms with Crippen LogP contribution < -0.4 is 5.32 Å². The molecule has 1 heterocycles. The lowest BCUT2D eigenvalue weighted by atomic mass is 10.0. The summed E-state index contributed by atoms with van der Waals surface area (Å²) in [4.78, 5) is 35.3. The van der Waals surface area contributed by atoms with Gasteiger partial charge < -0.3 is 0 Å². The number of nitrogens with one attached hydrogen (secondary N) is 1. The number of carbonyl (C=O) groups is 3. The Kier molecular flexibility index (Phi) is 5.46. The highest BCUT2D eigenvalue weighted by atomic mass is 32.2. The lowest BCUT2D eigenvalue weighted by molar-refractivity contribution is -0.115. The summed E-state index contributed by atoms with van der Waals surface area (Å²) in [6, 6.07) is 17.2. The summed E-state index contributed by atoms with van der Waals surface area (Å²) in [5, 5.41) is 1.86. The number of thioether (sulfide) groups is 1. The molecule has 2 aromatic carbocycles. The summed E-state index contributed by atoms with van der Waals surface area (Å²) in [7, 11) is 0. The Balaban J connectivity index is 1.56. The first kappa shape index (κ1) is 17.2. The van der Waals surface area contributed by atoms with Crippen LogP contribution in [0.25, 0.3) is 6.08 Å². The summed E-state index contributed by atoms with van der Waals surface area (Å²) < 4.78 is 0. The van der Waals surface area contributed by atoms with Crippen molar-refractivity contribution in [2.45, 2.75) is 19.3 Å². The maximum atomic E-state index is 12.3. The molecule has 0 aromatic heterocycles. The molecule has 1 aliphatic heterocycles. The summed E-state index contributed by atoms with van der Waals surface area (Å²) in [5.74, 6) is -0.269. The van der Waals surface area contributed by atoms with E-state index >= 15 is 0 Å². The zero-order valence-corrected chi connectivity index (χ0v) is 14.3. The zero-order valence-electron chi connectivity index (χ0n) is 13.5. The molecule has 3 rings (SSSR count). The average molecular weight is 351 g/mol. The van der Waals surface area contributed by atoms with Gasteiger partial charge >= 0.3 is 0 Å². The summed E-state index contributed by atoms with van der Waals surface area (Å²) >= 11 is 0.883. The molecule has 0 radical (unpaired) electrons. The molecule has 1 fully saturated rings. The van der Waals surface area contributed by atoms with Crippen LogP contribution in [0.3, 0.4) is 0 Å². The molecule has 0 bridgehead atoms. The molecule has 2 amide bonds. The molecular formula is C20H17NO3S. The van der Waals surface area contributed by atoms with Crippen LogP contribution in [0.1, 0.15) is 34.3 Å². The summed E-state index contributed by atoms with van der Waals surface area (Å²) in [6.07, 6.45) is 3.85. The van der Waals surface area contributed by atoms with E-state index in [1.54, 1.807) is 30.3 Å². The van der Waals surface area contributed by atoms with Crippen LogP contribution in [0.5, 0.6) is 0 Å². The van der Waals surface area contributed by atoms with Crippen molar-refractivity contribution >= 4 is 34.8 Å². The fraction of sp³-hybridized carbons (Fsp3) is 0.150. The van der Waals surface area contributed by atoms with Gasteiger partial charge in [0.1, 0.15) is 0 Å². The third-order valence-electron chi connectivity index (χ3n) is 3.88. The minimum absolute atomic E-state index is 0.110. The number of benzene rings is 2. The van der Waals surface area contributed by atoms with Crippen molar-refractivity contribution in [3.05, 3.63) is 76.2 Å². The lowest BCUT2D eigenvalue weighted by Crippen LogP contribution is -2.17. The lowest BCUT2D eigenvalue weighted by Gasteiger charge is -2.03. The van der Waals surface area contributed by atoms with E-state index < -0.39 is 0 Å². The predicted octanol–water partition coefficient (Wildman–Crippen LogP) is 4.22. The first-order valence-corrected chi connectivity index (χ1v) is 8.85. The predicted molar refractivity (Wildman–Crippen MR) is 99.3 cm³/mol. The maximum Gasteiger partial charge on any atom is 0.290 e. The Morgan fingerprint density at radius 3 is 2.36 bits per heavy atom. The number of Topliss-reactive ketones (excluding diaryl/α,β-unsaturated/α-hetero) is 1. The summed E-state index contributed by atoms with van der Waals surface area (Å²) in [6.45, 7) is 0. The van der Waals surface area contributed by atoms with Crippen LogP contribution >= 0.6 is 11.8 Å². The Labute approximate surface area is 150 Å². The van der Waals surface area contributed by atoms with Gasteiger partial charge in [0.05, 0.1) is 4.91 Å². The van der Waals surface area contributed by atoms with Crippen molar-refractivity contribution in [1.29, 1.82) is 0 Å². The van der Waals surface area contributed by atoms with E-state index in [0.717, 1.165) is 30.2 Å². The van der Waals surface area contributed by atoms with Crippen molar-refractivity contribution in [2.75, 3.05) is 0 Å². The quantitative estimate of drug-likeness (QED) is 0.625. The second kappa shape index (κ2) is 7.94. The van der Waals surface area contributed by atoms with Crippen molar-refractivity contribution in [1.82, 2.24) is 5.32 Å². The standard InChI is InChI=1S/C20H17NO3S/c22-17(8-4-7-14-5-2-1-3-6-14)16-11-9-15(10-12-16)13-18-19(23)21-20(24)25-18/h1-3,5-6,9-13H,4,7-8H2,(H,21,23,24)/b18-13+. The number of aryl methyl sites for hydroxylation is 1. The summed E-state index contributed by atoms with van der Waals surface area (Å²) in [5.41, 5.74) is 2.68. The first-order valence-electron chi connectivity index (χ1n) is 8.04. The van der Waals surface area contributed by atoms with Gasteiger partial charge in [-0.3, -0.25) is 19.7 Å². The third kappa shape index (κ3) is 4.67. The molecule has 0 spiro atoms. The molecule has 1 N–H and O–H groups in total. The van der Waals surface area contributed by atoms with E-state index in [9.17, 15) is 14.4 Å². The van der Waals surface area contributed by atoms with E-state index in [2.05, 4.69) is 17.4 Å². The van der Waals surface area contributed by atoms with E-state index in [1.807, 2.05) is 18.2 Å². The van der Waals surface area contributed by atoms with Crippen LogP contribution in [-0.4, -0.2) is 16.9 Å². The smallest absolute Gasteiger partial charge is 0.290 e. The fourth-order valence-electron chi connectivity index (χ4n) is 2.58. The Morgan fingerprint density at radius 2 is 1.72 bits per heavy atom. The van der Waals surface area contributed by atoms with Gasteiger partial charge in [-0.25, -0.2) is 0 Å². The highest BCUT2D eigenvalue weighted by Gasteiger charge is 2.24. The van der Waals surface area contributed by atoms with Crippen LogP contribution in [0, 0.1) is 0 Å². The SMILES string of the molecule is O=C1NC(=O)/C(=C\c2ccc(C(=O)CCCc3ccccc3)cc2)S1. The van der Waals surface area contributed by atoms with Crippen LogP contribution in [0.2, 0.25) is 0 Å². The maximum absolute atomic E-state index is 12.3. The molecule has 0 unspecified atom stereocenters. The Morgan fingerprint density at radius 1 is 1.00 bits per heavy atom. The van der Waals surface area contributed by atoms with E-state index in [1.165, 1.54) is 5.56 Å². The molecule has 2 aromatic rings. The highest BCUT2D eigenvalue weighted by Crippen LogP contribution is 2.25. The monoisotopic (exact) mass is 351 g/mol. The molecule has 1 saturated heterocycles. The van der Waals surface area contributed by atoms with Gasteiger partial charge in [0.2, 0.25) is 0 Å². The van der Waals surface area contributed by atoms with Crippen LogP contribution in [0.4, 0.5) is 4.79 Å². The molecule has 25 heavy (non-hydrogen) atoms. The largest absolute Gasteiger partial charge is 0.294 e. The molecule has 126 valence electrons. The van der Waals surface area contributed by atoms with Gasteiger partial charge in [0, 0.05) is 12.0 Å². The minimum atomic E-state index is -0.379. The fourth-order valence-corrected chi connectivity index (χ4v) is 3.26. The Bertz CT molecular complexity index is 826. The van der Waals surface area contributed by atoms with Crippen molar-refractivity contribution < 1.29 is 14.4 Å². The van der Waals surface area contributed by atoms with E-state index in [4.69, 9.17) is 0 Å². The van der Waals surface area contributed by atoms with Crippen LogP contribution in [-0.2, 0) is 11.2 Å².